The third-order valence-electron chi connectivity index (χ3n) is 2.86. The third kappa shape index (κ3) is 3.54. The van der Waals surface area contributed by atoms with Crippen molar-refractivity contribution in [2.75, 3.05) is 11.6 Å². The molecule has 2 rings (SSSR count). The smallest absolute Gasteiger partial charge is 0.272 e. The van der Waals surface area contributed by atoms with Crippen LogP contribution in [0.4, 0.5) is 11.4 Å². The van der Waals surface area contributed by atoms with E-state index < -0.39 is 0 Å². The maximum Gasteiger partial charge on any atom is 0.272 e. The van der Waals surface area contributed by atoms with Crippen LogP contribution in [-0.4, -0.2) is 11.2 Å². The first kappa shape index (κ1) is 14.5. The van der Waals surface area contributed by atoms with Crippen LogP contribution in [0.25, 0.3) is 0 Å². The molecule has 0 atom stereocenters. The summed E-state index contributed by atoms with van der Waals surface area (Å²) in [6.45, 7) is 2.29. The average molecular weight is 292 g/mol. The first-order chi connectivity index (χ1) is 9.60. The number of nitrogens with one attached hydrogen (secondary N) is 1. The highest BCUT2D eigenvalue weighted by Crippen LogP contribution is 2.22. The number of nitro groups is 1. The summed E-state index contributed by atoms with van der Waals surface area (Å²) in [7, 11) is 0. The van der Waals surface area contributed by atoms with E-state index in [0.717, 1.165) is 23.0 Å². The maximum atomic E-state index is 10.7. The summed E-state index contributed by atoms with van der Waals surface area (Å²) in [6, 6.07) is 8.89. The Labute approximate surface area is 121 Å². The van der Waals surface area contributed by atoms with Crippen LogP contribution in [0.15, 0.2) is 34.7 Å². The zero-order valence-corrected chi connectivity index (χ0v) is 12.2. The number of hydrogen-bond acceptors (Lipinski definition) is 5. The third-order valence-corrected chi connectivity index (χ3v) is 3.44. The summed E-state index contributed by atoms with van der Waals surface area (Å²) in [5, 5.41) is 13.9. The van der Waals surface area contributed by atoms with E-state index in [1.807, 2.05) is 18.4 Å². The molecule has 1 aromatic heterocycles. The number of nitrogens with zero attached hydrogens (tertiary/aromatic N) is 1. The van der Waals surface area contributed by atoms with Gasteiger partial charge in [0.2, 0.25) is 0 Å². The molecule has 20 heavy (non-hydrogen) atoms. The standard InChI is InChI=1S/C14H16N2O3S/c1-10-7-11(3-6-14(10)16(17)18)15-8-12-4-5-13(19-12)9-20-2/h3-7,15H,8-9H2,1-2H3. The fraction of sp³-hybridized carbons (Fsp3) is 0.286. The minimum Gasteiger partial charge on any atom is -0.463 e. The van der Waals surface area contributed by atoms with Gasteiger partial charge in [-0.2, -0.15) is 11.8 Å². The highest BCUT2D eigenvalue weighted by atomic mass is 32.2. The number of hydrogen-bond donors (Lipinski definition) is 1. The molecule has 1 N–H and O–H groups in total. The minimum absolute atomic E-state index is 0.135. The van der Waals surface area contributed by atoms with Gasteiger partial charge in [-0.3, -0.25) is 10.1 Å². The number of thioether (sulfide) groups is 1. The molecule has 6 heteroatoms. The largest absolute Gasteiger partial charge is 0.463 e. The summed E-state index contributed by atoms with van der Waals surface area (Å²) in [5.41, 5.74) is 1.62. The topological polar surface area (TPSA) is 68.3 Å². The van der Waals surface area contributed by atoms with Crippen molar-refractivity contribution in [2.45, 2.75) is 19.2 Å². The van der Waals surface area contributed by atoms with Crippen LogP contribution in [0.3, 0.4) is 0 Å². The lowest BCUT2D eigenvalue weighted by Crippen LogP contribution is -1.99. The molecule has 0 saturated heterocycles. The predicted octanol–water partition coefficient (Wildman–Crippen LogP) is 3.97. The summed E-state index contributed by atoms with van der Waals surface area (Å²) in [4.78, 5) is 10.4. The quantitative estimate of drug-likeness (QED) is 0.644. The number of benzene rings is 1. The maximum absolute atomic E-state index is 10.7. The Morgan fingerprint density at radius 3 is 2.70 bits per heavy atom. The van der Waals surface area contributed by atoms with Crippen molar-refractivity contribution in [3.05, 3.63) is 57.5 Å². The molecule has 0 unspecified atom stereocenters. The van der Waals surface area contributed by atoms with Crippen LogP contribution in [0.5, 0.6) is 0 Å². The monoisotopic (exact) mass is 292 g/mol. The van der Waals surface area contributed by atoms with Crippen molar-refractivity contribution >= 4 is 23.1 Å². The van der Waals surface area contributed by atoms with Gasteiger partial charge in [0.05, 0.1) is 17.2 Å². The lowest BCUT2D eigenvalue weighted by Gasteiger charge is -2.05. The molecule has 0 aliphatic heterocycles. The van der Waals surface area contributed by atoms with E-state index in [1.54, 1.807) is 30.8 Å². The van der Waals surface area contributed by atoms with Crippen LogP contribution in [0, 0.1) is 17.0 Å². The molecule has 2 aromatic rings. The Kier molecular flexibility index (Phi) is 4.68. The second kappa shape index (κ2) is 6.47. The number of rotatable bonds is 6. The Bertz CT molecular complexity index is 610. The first-order valence-electron chi connectivity index (χ1n) is 6.15. The molecule has 0 radical (unpaired) electrons. The van der Waals surface area contributed by atoms with E-state index in [1.165, 1.54) is 6.07 Å². The van der Waals surface area contributed by atoms with Gasteiger partial charge >= 0.3 is 0 Å². The normalized spacial score (nSPS) is 10.5. The SMILES string of the molecule is CSCc1ccc(CNc2ccc([N+](=O)[O-])c(C)c2)o1. The molecule has 0 saturated carbocycles. The molecule has 1 aromatic carbocycles. The number of aryl methyl sites for hydroxylation is 1. The van der Waals surface area contributed by atoms with Crippen molar-refractivity contribution in [2.24, 2.45) is 0 Å². The van der Waals surface area contributed by atoms with Crippen LogP contribution >= 0.6 is 11.8 Å². The molecule has 0 amide bonds. The van der Waals surface area contributed by atoms with E-state index in [-0.39, 0.29) is 10.6 Å². The van der Waals surface area contributed by atoms with E-state index in [2.05, 4.69) is 5.32 Å². The molecule has 0 spiro atoms. The predicted molar refractivity (Wildman–Crippen MR) is 81.1 cm³/mol. The molecule has 1 heterocycles. The Hall–Kier alpha value is -1.95. The highest BCUT2D eigenvalue weighted by Gasteiger charge is 2.10. The molecule has 0 fully saturated rings. The first-order valence-corrected chi connectivity index (χ1v) is 7.55. The Morgan fingerprint density at radius 1 is 1.30 bits per heavy atom. The van der Waals surface area contributed by atoms with Gasteiger partial charge in [-0.1, -0.05) is 0 Å². The number of anilines is 1. The van der Waals surface area contributed by atoms with Crippen molar-refractivity contribution in [3.8, 4) is 0 Å². The van der Waals surface area contributed by atoms with Gasteiger partial charge in [0.15, 0.2) is 0 Å². The van der Waals surface area contributed by atoms with Crippen molar-refractivity contribution in [1.29, 1.82) is 0 Å². The van der Waals surface area contributed by atoms with E-state index >= 15 is 0 Å². The van der Waals surface area contributed by atoms with Crippen LogP contribution in [0.2, 0.25) is 0 Å². The molecular formula is C14H16N2O3S. The lowest BCUT2D eigenvalue weighted by atomic mass is 10.2. The average Bonchev–Trinajstić information content (AvgIpc) is 2.84. The van der Waals surface area contributed by atoms with Gasteiger partial charge in [0, 0.05) is 17.3 Å². The Balaban J connectivity index is 1.99. The minimum atomic E-state index is -0.375. The van der Waals surface area contributed by atoms with Crippen molar-refractivity contribution in [3.63, 3.8) is 0 Å². The second-order valence-corrected chi connectivity index (χ2v) is 5.28. The van der Waals surface area contributed by atoms with E-state index in [4.69, 9.17) is 4.42 Å². The molecule has 106 valence electrons. The van der Waals surface area contributed by atoms with Crippen LogP contribution in [0.1, 0.15) is 17.1 Å². The second-order valence-electron chi connectivity index (χ2n) is 4.41. The van der Waals surface area contributed by atoms with Crippen LogP contribution < -0.4 is 5.32 Å². The van der Waals surface area contributed by atoms with Gasteiger partial charge in [-0.15, -0.1) is 0 Å². The Morgan fingerprint density at radius 2 is 2.05 bits per heavy atom. The van der Waals surface area contributed by atoms with Gasteiger partial charge in [0.25, 0.3) is 5.69 Å². The summed E-state index contributed by atoms with van der Waals surface area (Å²) in [6.07, 6.45) is 2.03. The molecular weight excluding hydrogens is 276 g/mol. The van der Waals surface area contributed by atoms with Gasteiger partial charge < -0.3 is 9.73 Å². The van der Waals surface area contributed by atoms with Crippen LogP contribution in [-0.2, 0) is 12.3 Å². The fourth-order valence-corrected chi connectivity index (χ4v) is 2.34. The molecule has 0 aliphatic rings. The van der Waals surface area contributed by atoms with Gasteiger partial charge in [0.1, 0.15) is 11.5 Å². The highest BCUT2D eigenvalue weighted by molar-refractivity contribution is 7.97. The summed E-state index contributed by atoms with van der Waals surface area (Å²) >= 11 is 1.71. The summed E-state index contributed by atoms with van der Waals surface area (Å²) < 4.78 is 5.65. The summed E-state index contributed by atoms with van der Waals surface area (Å²) in [5.74, 6) is 2.66. The number of furan rings is 1. The zero-order valence-electron chi connectivity index (χ0n) is 11.4. The van der Waals surface area contributed by atoms with E-state index in [0.29, 0.717) is 12.1 Å². The van der Waals surface area contributed by atoms with Crippen molar-refractivity contribution in [1.82, 2.24) is 0 Å². The molecule has 5 nitrogen and oxygen atoms in total. The lowest BCUT2D eigenvalue weighted by molar-refractivity contribution is -0.385. The molecule has 0 bridgehead atoms. The fourth-order valence-electron chi connectivity index (χ4n) is 1.90. The van der Waals surface area contributed by atoms with Gasteiger partial charge in [-0.25, -0.2) is 0 Å². The van der Waals surface area contributed by atoms with E-state index in [9.17, 15) is 10.1 Å². The number of nitro benzene ring substituents is 1. The van der Waals surface area contributed by atoms with Gasteiger partial charge in [-0.05, 0) is 37.4 Å². The van der Waals surface area contributed by atoms with Crippen molar-refractivity contribution < 1.29 is 9.34 Å². The zero-order chi connectivity index (χ0) is 14.5. The molecule has 0 aliphatic carbocycles.